The van der Waals surface area contributed by atoms with Gasteiger partial charge in [-0.25, -0.2) is 4.98 Å². The molecule has 2 rings (SSSR count). The fourth-order valence-corrected chi connectivity index (χ4v) is 2.23. The Bertz CT molecular complexity index is 400. The van der Waals surface area contributed by atoms with Gasteiger partial charge in [-0.1, -0.05) is 0 Å². The summed E-state index contributed by atoms with van der Waals surface area (Å²) in [4.78, 5) is 9.22. The summed E-state index contributed by atoms with van der Waals surface area (Å²) in [6.45, 7) is 9.96. The molecule has 2 N–H and O–H groups in total. The van der Waals surface area contributed by atoms with E-state index in [0.29, 0.717) is 0 Å². The van der Waals surface area contributed by atoms with E-state index in [9.17, 15) is 0 Å². The van der Waals surface area contributed by atoms with Crippen molar-refractivity contribution in [1.29, 1.82) is 0 Å². The highest BCUT2D eigenvalue weighted by Crippen LogP contribution is 2.11. The van der Waals surface area contributed by atoms with Crippen LogP contribution >= 0.6 is 0 Å². The number of aryl methyl sites for hydroxylation is 2. The molecule has 0 bridgehead atoms. The third kappa shape index (κ3) is 3.84. The summed E-state index contributed by atoms with van der Waals surface area (Å²) < 4.78 is 0. The van der Waals surface area contributed by atoms with E-state index in [4.69, 9.17) is 5.73 Å². The van der Waals surface area contributed by atoms with Gasteiger partial charge in [-0.2, -0.15) is 5.10 Å². The van der Waals surface area contributed by atoms with Crippen LogP contribution in [0.25, 0.3) is 0 Å². The lowest BCUT2D eigenvalue weighted by Gasteiger charge is -2.34. The Hall–Kier alpha value is -1.27. The van der Waals surface area contributed by atoms with Gasteiger partial charge in [-0.05, 0) is 39.8 Å². The fraction of sp³-hybridized carbons (Fsp3) is 0.769. The van der Waals surface area contributed by atoms with Crippen LogP contribution in [-0.2, 0) is 0 Å². The summed E-state index contributed by atoms with van der Waals surface area (Å²) in [7, 11) is 0. The van der Waals surface area contributed by atoms with Crippen molar-refractivity contribution in [2.24, 2.45) is 5.73 Å². The van der Waals surface area contributed by atoms with Crippen LogP contribution in [-0.4, -0.2) is 59.3 Å². The summed E-state index contributed by atoms with van der Waals surface area (Å²) in [5.41, 5.74) is 7.39. The van der Waals surface area contributed by atoms with E-state index in [2.05, 4.69) is 25.0 Å². The number of nitrogens with two attached hydrogens (primary N) is 1. The molecule has 1 aromatic rings. The first-order valence-corrected chi connectivity index (χ1v) is 7.06. The topological polar surface area (TPSA) is 71.2 Å². The Morgan fingerprint density at radius 3 is 2.37 bits per heavy atom. The van der Waals surface area contributed by atoms with Gasteiger partial charge in [-0.15, -0.1) is 5.10 Å². The normalized spacial score (nSPS) is 16.9. The summed E-state index contributed by atoms with van der Waals surface area (Å²) in [6.07, 6.45) is 2.31. The van der Waals surface area contributed by atoms with Gasteiger partial charge in [-0.3, -0.25) is 4.90 Å². The molecule has 1 aliphatic heterocycles. The van der Waals surface area contributed by atoms with E-state index < -0.39 is 0 Å². The lowest BCUT2D eigenvalue weighted by Crippen LogP contribution is -2.47. The number of rotatable bonds is 5. The molecule has 6 heteroatoms. The molecule has 19 heavy (non-hydrogen) atoms. The minimum absolute atomic E-state index is 0.768. The zero-order valence-electron chi connectivity index (χ0n) is 12.0. The van der Waals surface area contributed by atoms with Crippen molar-refractivity contribution in [1.82, 2.24) is 20.1 Å². The maximum Gasteiger partial charge on any atom is 0.245 e. The van der Waals surface area contributed by atoms with Crippen LogP contribution in [0.3, 0.4) is 0 Å². The Balaban J connectivity index is 1.84. The SMILES string of the molecule is Cc1nnc(N2CCN(CCCCN)CC2)nc1C. The smallest absolute Gasteiger partial charge is 0.245 e. The number of hydrogen-bond donors (Lipinski definition) is 1. The zero-order valence-corrected chi connectivity index (χ0v) is 12.0. The maximum atomic E-state index is 5.52. The molecule has 0 aliphatic carbocycles. The lowest BCUT2D eigenvalue weighted by molar-refractivity contribution is 0.252. The quantitative estimate of drug-likeness (QED) is 0.774. The number of hydrogen-bond acceptors (Lipinski definition) is 6. The van der Waals surface area contributed by atoms with Gasteiger partial charge in [0.25, 0.3) is 0 Å². The molecule has 0 aromatic carbocycles. The molecule has 0 atom stereocenters. The summed E-state index contributed by atoms with van der Waals surface area (Å²) >= 11 is 0. The predicted octanol–water partition coefficient (Wildman–Crippen LogP) is 0.349. The summed E-state index contributed by atoms with van der Waals surface area (Å²) in [5, 5.41) is 8.34. The van der Waals surface area contributed by atoms with Crippen molar-refractivity contribution < 1.29 is 0 Å². The first kappa shape index (κ1) is 14.1. The van der Waals surface area contributed by atoms with Gasteiger partial charge < -0.3 is 10.6 Å². The first-order chi connectivity index (χ1) is 9.20. The molecule has 0 amide bonds. The van der Waals surface area contributed by atoms with Crippen molar-refractivity contribution in [3.8, 4) is 0 Å². The molecule has 106 valence electrons. The van der Waals surface area contributed by atoms with Gasteiger partial charge in [0.1, 0.15) is 0 Å². The number of unbranched alkanes of at least 4 members (excludes halogenated alkanes) is 1. The standard InChI is InChI=1S/C13H24N6/c1-11-12(2)16-17-13(15-11)19-9-7-18(8-10-19)6-4-3-5-14/h3-10,14H2,1-2H3. The Kier molecular flexibility index (Phi) is 5.04. The van der Waals surface area contributed by atoms with Crippen LogP contribution in [0.15, 0.2) is 0 Å². The molecular formula is C13H24N6. The third-order valence-corrected chi connectivity index (χ3v) is 3.66. The molecule has 0 unspecified atom stereocenters. The Morgan fingerprint density at radius 1 is 1.00 bits per heavy atom. The van der Waals surface area contributed by atoms with Crippen molar-refractivity contribution in [2.45, 2.75) is 26.7 Å². The van der Waals surface area contributed by atoms with Gasteiger partial charge in [0.05, 0.1) is 11.4 Å². The number of anilines is 1. The van der Waals surface area contributed by atoms with Crippen molar-refractivity contribution in [3.63, 3.8) is 0 Å². The van der Waals surface area contributed by atoms with Crippen LogP contribution in [0.2, 0.25) is 0 Å². The van der Waals surface area contributed by atoms with Crippen molar-refractivity contribution in [3.05, 3.63) is 11.4 Å². The van der Waals surface area contributed by atoms with Crippen molar-refractivity contribution >= 4 is 5.95 Å². The van der Waals surface area contributed by atoms with Crippen molar-refractivity contribution in [2.75, 3.05) is 44.2 Å². The average molecular weight is 264 g/mol. The van der Waals surface area contributed by atoms with Crippen LogP contribution in [0, 0.1) is 13.8 Å². The van der Waals surface area contributed by atoms with Gasteiger partial charge in [0, 0.05) is 26.2 Å². The largest absolute Gasteiger partial charge is 0.337 e. The molecule has 2 heterocycles. The highest BCUT2D eigenvalue weighted by molar-refractivity contribution is 5.30. The van der Waals surface area contributed by atoms with E-state index in [1.807, 2.05) is 13.8 Å². The zero-order chi connectivity index (χ0) is 13.7. The molecular weight excluding hydrogens is 240 g/mol. The second-order valence-corrected chi connectivity index (χ2v) is 5.11. The monoisotopic (exact) mass is 264 g/mol. The minimum atomic E-state index is 0.768. The van der Waals surface area contributed by atoms with E-state index in [-0.39, 0.29) is 0 Å². The molecule has 1 saturated heterocycles. The Labute approximate surface area is 115 Å². The molecule has 6 nitrogen and oxygen atoms in total. The summed E-state index contributed by atoms with van der Waals surface area (Å²) in [6, 6.07) is 0. The highest BCUT2D eigenvalue weighted by Gasteiger charge is 2.19. The van der Waals surface area contributed by atoms with Gasteiger partial charge >= 0.3 is 0 Å². The van der Waals surface area contributed by atoms with Crippen LogP contribution in [0.5, 0.6) is 0 Å². The van der Waals surface area contributed by atoms with E-state index in [1.54, 1.807) is 0 Å². The molecule has 0 radical (unpaired) electrons. The summed E-state index contributed by atoms with van der Waals surface area (Å²) in [5.74, 6) is 0.768. The van der Waals surface area contributed by atoms with Crippen LogP contribution < -0.4 is 10.6 Å². The van der Waals surface area contributed by atoms with E-state index >= 15 is 0 Å². The first-order valence-electron chi connectivity index (χ1n) is 7.06. The number of aromatic nitrogens is 3. The molecule has 1 aliphatic rings. The minimum Gasteiger partial charge on any atom is -0.337 e. The van der Waals surface area contributed by atoms with Gasteiger partial charge in [0.15, 0.2) is 0 Å². The van der Waals surface area contributed by atoms with Gasteiger partial charge in [0.2, 0.25) is 5.95 Å². The number of nitrogens with zero attached hydrogens (tertiary/aromatic N) is 5. The maximum absolute atomic E-state index is 5.52. The second kappa shape index (κ2) is 6.77. The highest BCUT2D eigenvalue weighted by atomic mass is 15.4. The Morgan fingerprint density at radius 2 is 1.74 bits per heavy atom. The number of piperazine rings is 1. The van der Waals surface area contributed by atoms with Crippen LogP contribution in [0.4, 0.5) is 5.95 Å². The molecule has 0 saturated carbocycles. The lowest BCUT2D eigenvalue weighted by atomic mass is 10.2. The average Bonchev–Trinajstić information content (AvgIpc) is 2.43. The van der Waals surface area contributed by atoms with Crippen LogP contribution in [0.1, 0.15) is 24.2 Å². The van der Waals surface area contributed by atoms with E-state index in [1.165, 1.54) is 6.42 Å². The molecule has 1 fully saturated rings. The third-order valence-electron chi connectivity index (χ3n) is 3.66. The fourth-order valence-electron chi connectivity index (χ4n) is 2.23. The molecule has 1 aromatic heterocycles. The molecule has 0 spiro atoms. The second-order valence-electron chi connectivity index (χ2n) is 5.11. The predicted molar refractivity (Wildman–Crippen MR) is 76.2 cm³/mol. The van der Waals surface area contributed by atoms with E-state index in [0.717, 1.165) is 63.0 Å².